The van der Waals surface area contributed by atoms with E-state index in [1.807, 2.05) is 6.92 Å². The van der Waals surface area contributed by atoms with Crippen molar-refractivity contribution in [2.24, 2.45) is 5.92 Å². The monoisotopic (exact) mass is 338 g/mol. The van der Waals surface area contributed by atoms with E-state index in [4.69, 9.17) is 0 Å². The molecule has 6 nitrogen and oxygen atoms in total. The van der Waals surface area contributed by atoms with Crippen LogP contribution in [0.25, 0.3) is 5.65 Å². The van der Waals surface area contributed by atoms with E-state index < -0.39 is 6.10 Å². The molecule has 1 aliphatic heterocycles. The lowest BCUT2D eigenvalue weighted by Crippen LogP contribution is -2.45. The maximum absolute atomic E-state index is 12.4. The van der Waals surface area contributed by atoms with E-state index >= 15 is 0 Å². The number of rotatable bonds is 1. The summed E-state index contributed by atoms with van der Waals surface area (Å²) in [5, 5.41) is 14.0. The molecule has 1 fully saturated rings. The Morgan fingerprint density at radius 3 is 3.05 bits per heavy atom. The van der Waals surface area contributed by atoms with Gasteiger partial charge >= 0.3 is 0 Å². The second kappa shape index (κ2) is 5.14. The van der Waals surface area contributed by atoms with E-state index in [2.05, 4.69) is 26.0 Å². The standard InChI is InChI=1S/C13H15BrN4O2/c1-8-2-10(19)7-17(5-8)13(20)11-3-12-15-4-9(14)6-18(12)16-11/h3-4,6,8,10,19H,2,5,7H2,1H3/t8-,10+/m1/s1. The van der Waals surface area contributed by atoms with E-state index in [1.165, 1.54) is 0 Å². The third-order valence-corrected chi connectivity index (χ3v) is 3.84. The molecule has 7 heteroatoms. The van der Waals surface area contributed by atoms with Gasteiger partial charge in [-0.1, -0.05) is 6.92 Å². The zero-order chi connectivity index (χ0) is 14.3. The molecular weight excluding hydrogens is 324 g/mol. The van der Waals surface area contributed by atoms with Gasteiger partial charge in [-0.3, -0.25) is 4.79 Å². The highest BCUT2D eigenvalue weighted by molar-refractivity contribution is 9.10. The molecule has 106 valence electrons. The first-order valence-electron chi connectivity index (χ1n) is 6.51. The average molecular weight is 339 g/mol. The smallest absolute Gasteiger partial charge is 0.274 e. The van der Waals surface area contributed by atoms with Crippen LogP contribution in [0.15, 0.2) is 22.9 Å². The highest BCUT2D eigenvalue weighted by atomic mass is 79.9. The lowest BCUT2D eigenvalue weighted by Gasteiger charge is -2.33. The van der Waals surface area contributed by atoms with Crippen LogP contribution in [-0.2, 0) is 0 Å². The zero-order valence-electron chi connectivity index (χ0n) is 11.0. The van der Waals surface area contributed by atoms with Gasteiger partial charge in [-0.05, 0) is 28.3 Å². The van der Waals surface area contributed by atoms with Crippen LogP contribution in [0.1, 0.15) is 23.8 Å². The number of likely N-dealkylation sites (tertiary alicyclic amines) is 1. The summed E-state index contributed by atoms with van der Waals surface area (Å²) >= 11 is 3.32. The third-order valence-electron chi connectivity index (χ3n) is 3.43. The molecular formula is C13H15BrN4O2. The number of piperidine rings is 1. The Morgan fingerprint density at radius 2 is 2.30 bits per heavy atom. The number of fused-ring (bicyclic) bond motifs is 1. The Hall–Kier alpha value is -1.47. The number of aromatic nitrogens is 3. The summed E-state index contributed by atoms with van der Waals surface area (Å²) in [6.07, 6.45) is 3.71. The minimum Gasteiger partial charge on any atom is -0.391 e. The molecule has 0 saturated carbocycles. The molecule has 1 aliphatic rings. The fraction of sp³-hybridized carbons (Fsp3) is 0.462. The van der Waals surface area contributed by atoms with Gasteiger partial charge in [0, 0.05) is 31.5 Å². The first-order valence-corrected chi connectivity index (χ1v) is 7.30. The van der Waals surface area contributed by atoms with Crippen LogP contribution in [0.5, 0.6) is 0 Å². The number of halogens is 1. The van der Waals surface area contributed by atoms with E-state index in [0.29, 0.717) is 30.3 Å². The topological polar surface area (TPSA) is 70.7 Å². The molecule has 1 amide bonds. The zero-order valence-corrected chi connectivity index (χ0v) is 12.6. The molecule has 2 aromatic rings. The molecule has 0 radical (unpaired) electrons. The second-order valence-corrected chi connectivity index (χ2v) is 6.23. The minimum absolute atomic E-state index is 0.155. The molecule has 1 saturated heterocycles. The maximum atomic E-state index is 12.4. The average Bonchev–Trinajstić information content (AvgIpc) is 2.79. The number of carbonyl (C=O) groups excluding carboxylic acids is 1. The Kier molecular flexibility index (Phi) is 3.47. The van der Waals surface area contributed by atoms with Crippen molar-refractivity contribution >= 4 is 27.5 Å². The lowest BCUT2D eigenvalue weighted by atomic mass is 9.98. The van der Waals surface area contributed by atoms with Gasteiger partial charge < -0.3 is 10.0 Å². The van der Waals surface area contributed by atoms with Gasteiger partial charge in [0.15, 0.2) is 11.3 Å². The van der Waals surface area contributed by atoms with Gasteiger partial charge in [-0.15, -0.1) is 0 Å². The quantitative estimate of drug-likeness (QED) is 0.851. The van der Waals surface area contributed by atoms with Crippen LogP contribution in [0.4, 0.5) is 0 Å². The lowest BCUT2D eigenvalue weighted by molar-refractivity contribution is 0.0334. The highest BCUT2D eigenvalue weighted by Crippen LogP contribution is 2.19. The highest BCUT2D eigenvalue weighted by Gasteiger charge is 2.28. The van der Waals surface area contributed by atoms with E-state index in [1.54, 1.807) is 27.9 Å². The Balaban J connectivity index is 1.88. The van der Waals surface area contributed by atoms with Crippen molar-refractivity contribution in [2.75, 3.05) is 13.1 Å². The van der Waals surface area contributed by atoms with Crippen LogP contribution in [0, 0.1) is 5.92 Å². The maximum Gasteiger partial charge on any atom is 0.274 e. The van der Waals surface area contributed by atoms with Crippen molar-refractivity contribution in [3.63, 3.8) is 0 Å². The molecule has 3 heterocycles. The van der Waals surface area contributed by atoms with Crippen LogP contribution < -0.4 is 0 Å². The minimum atomic E-state index is -0.452. The van der Waals surface area contributed by atoms with Gasteiger partial charge in [-0.2, -0.15) is 5.10 Å². The number of aliphatic hydroxyl groups is 1. The summed E-state index contributed by atoms with van der Waals surface area (Å²) in [7, 11) is 0. The summed E-state index contributed by atoms with van der Waals surface area (Å²) in [6.45, 7) is 3.06. The Labute approximate surface area is 124 Å². The van der Waals surface area contributed by atoms with E-state index in [9.17, 15) is 9.90 Å². The molecule has 0 aliphatic carbocycles. The molecule has 3 rings (SSSR count). The van der Waals surface area contributed by atoms with Gasteiger partial charge in [0.05, 0.1) is 10.6 Å². The van der Waals surface area contributed by atoms with Gasteiger partial charge in [0.1, 0.15) is 0 Å². The number of nitrogens with zero attached hydrogens (tertiary/aromatic N) is 4. The summed E-state index contributed by atoms with van der Waals surface area (Å²) in [6, 6.07) is 1.67. The number of aliphatic hydroxyl groups excluding tert-OH is 1. The van der Waals surface area contributed by atoms with Crippen molar-refractivity contribution in [1.29, 1.82) is 0 Å². The predicted octanol–water partition coefficient (Wildman–Crippen LogP) is 1.33. The van der Waals surface area contributed by atoms with Crippen molar-refractivity contribution in [1.82, 2.24) is 19.5 Å². The van der Waals surface area contributed by atoms with Crippen molar-refractivity contribution in [2.45, 2.75) is 19.4 Å². The number of carbonyl (C=O) groups is 1. The van der Waals surface area contributed by atoms with Crippen LogP contribution in [0.3, 0.4) is 0 Å². The van der Waals surface area contributed by atoms with Crippen LogP contribution >= 0.6 is 15.9 Å². The molecule has 0 unspecified atom stereocenters. The molecule has 2 aromatic heterocycles. The predicted molar refractivity (Wildman–Crippen MR) is 76.4 cm³/mol. The second-order valence-electron chi connectivity index (χ2n) is 5.31. The molecule has 0 spiro atoms. The fourth-order valence-corrected chi connectivity index (χ4v) is 2.90. The van der Waals surface area contributed by atoms with E-state index in [-0.39, 0.29) is 5.91 Å². The van der Waals surface area contributed by atoms with Gasteiger partial charge in [-0.25, -0.2) is 9.50 Å². The largest absolute Gasteiger partial charge is 0.391 e. The summed E-state index contributed by atoms with van der Waals surface area (Å²) in [5.74, 6) is 0.143. The summed E-state index contributed by atoms with van der Waals surface area (Å²) < 4.78 is 2.37. The third kappa shape index (κ3) is 2.55. The van der Waals surface area contributed by atoms with Gasteiger partial charge in [0.25, 0.3) is 5.91 Å². The van der Waals surface area contributed by atoms with Crippen molar-refractivity contribution in [3.8, 4) is 0 Å². The Morgan fingerprint density at radius 1 is 1.50 bits per heavy atom. The van der Waals surface area contributed by atoms with Crippen LogP contribution in [-0.4, -0.2) is 49.7 Å². The fourth-order valence-electron chi connectivity index (χ4n) is 2.60. The molecule has 0 aromatic carbocycles. The first-order chi connectivity index (χ1) is 9.52. The number of β-amino-alcohol motifs (C(OH)–C–C–N with tert-alkyl or cyclic N) is 1. The first kappa shape index (κ1) is 13.5. The SMILES string of the molecule is C[C@@H]1C[C@H](O)CN(C(=O)c2cc3ncc(Br)cn3n2)C1. The van der Waals surface area contributed by atoms with Crippen LogP contribution in [0.2, 0.25) is 0 Å². The summed E-state index contributed by atoms with van der Waals surface area (Å²) in [4.78, 5) is 18.3. The number of amides is 1. The van der Waals surface area contributed by atoms with Gasteiger partial charge in [0.2, 0.25) is 0 Å². The molecule has 20 heavy (non-hydrogen) atoms. The normalized spacial score (nSPS) is 23.2. The van der Waals surface area contributed by atoms with Crippen molar-refractivity contribution < 1.29 is 9.90 Å². The Bertz CT molecular complexity index is 647. The number of hydrogen-bond donors (Lipinski definition) is 1. The number of hydrogen-bond acceptors (Lipinski definition) is 4. The molecule has 1 N–H and O–H groups in total. The van der Waals surface area contributed by atoms with Crippen molar-refractivity contribution in [3.05, 3.63) is 28.6 Å². The van der Waals surface area contributed by atoms with E-state index in [0.717, 1.165) is 10.9 Å². The molecule has 2 atom stereocenters. The molecule has 0 bridgehead atoms. The summed E-state index contributed by atoms with van der Waals surface area (Å²) in [5.41, 5.74) is 0.985.